The summed E-state index contributed by atoms with van der Waals surface area (Å²) in [5, 5.41) is 62.1. The molecule has 0 aliphatic carbocycles. The van der Waals surface area contributed by atoms with Crippen molar-refractivity contribution in [2.75, 3.05) is 6.61 Å². The molecular weight excluding hydrogens is 482 g/mol. The van der Waals surface area contributed by atoms with Crippen LogP contribution in [0.3, 0.4) is 0 Å². The Bertz CT molecular complexity index is 1050. The molecule has 1 heterocycles. The van der Waals surface area contributed by atoms with Gasteiger partial charge in [0, 0.05) is 12.0 Å². The van der Waals surface area contributed by atoms with E-state index in [0.717, 1.165) is 34.0 Å². The van der Waals surface area contributed by atoms with Crippen molar-refractivity contribution in [2.45, 2.75) is 81.0 Å². The van der Waals surface area contributed by atoms with Crippen LogP contribution in [0.2, 0.25) is 0 Å². The number of aromatic hydroxyl groups is 1. The van der Waals surface area contributed by atoms with Gasteiger partial charge in [0.25, 0.3) is 0 Å². The van der Waals surface area contributed by atoms with Crippen LogP contribution >= 0.6 is 11.8 Å². The molecule has 2 aromatic carbocycles. The average molecular weight is 520 g/mol. The molecule has 0 spiro atoms. The molecule has 0 bridgehead atoms. The third-order valence-electron chi connectivity index (χ3n) is 6.56. The number of aliphatic hydroxyl groups excluding tert-OH is 4. The highest BCUT2D eigenvalue weighted by Crippen LogP contribution is 2.46. The van der Waals surface area contributed by atoms with E-state index in [1.165, 1.54) is 13.8 Å². The van der Waals surface area contributed by atoms with Crippen molar-refractivity contribution in [3.63, 3.8) is 0 Å². The topological polar surface area (TPSA) is 150 Å². The number of phenols is 1. The van der Waals surface area contributed by atoms with Gasteiger partial charge < -0.3 is 36.0 Å². The summed E-state index contributed by atoms with van der Waals surface area (Å²) < 4.78 is 0. The Labute approximate surface area is 216 Å². The van der Waals surface area contributed by atoms with Crippen molar-refractivity contribution in [3.8, 4) is 5.75 Å². The number of rotatable bonds is 8. The van der Waals surface area contributed by atoms with Gasteiger partial charge in [-0.25, -0.2) is 0 Å². The number of aryl methyl sites for hydroxylation is 1. The van der Waals surface area contributed by atoms with Crippen molar-refractivity contribution in [3.05, 3.63) is 64.2 Å². The predicted octanol–water partition coefficient (Wildman–Crippen LogP) is 1.86. The Balaban J connectivity index is 1.77. The summed E-state index contributed by atoms with van der Waals surface area (Å²) in [4.78, 5) is 12.1. The summed E-state index contributed by atoms with van der Waals surface area (Å²) >= 11 is 1.13. The van der Waals surface area contributed by atoms with Crippen LogP contribution in [0.1, 0.15) is 66.2 Å². The van der Waals surface area contributed by atoms with E-state index in [2.05, 4.69) is 5.32 Å². The standard InChI is InChI=1S/C27H37NO7S/c1-14-9-20(30)19(26-25(34)24(33)23(32)21(13-29)36-26)12-18(14)11-16-5-7-17(8-6-16)15(2)10-22(31)28-27(3,4)35/h5-9,12,15,21,23-26,29-30,32-35H,10-11,13H2,1-4H3,(H,28,31)/t15?,21-,23-,24+,25-,26+/m1/s1. The lowest BCUT2D eigenvalue weighted by Gasteiger charge is -2.40. The molecular formula is C27H37NO7S. The van der Waals surface area contributed by atoms with Gasteiger partial charge >= 0.3 is 0 Å². The highest BCUT2D eigenvalue weighted by atomic mass is 32.2. The van der Waals surface area contributed by atoms with E-state index in [1.807, 2.05) is 44.2 Å². The predicted molar refractivity (Wildman–Crippen MR) is 139 cm³/mol. The van der Waals surface area contributed by atoms with Gasteiger partial charge in [-0.3, -0.25) is 4.79 Å². The molecule has 3 rings (SSSR count). The van der Waals surface area contributed by atoms with E-state index in [1.54, 1.807) is 6.07 Å². The van der Waals surface area contributed by atoms with E-state index >= 15 is 0 Å². The highest BCUT2D eigenvalue weighted by molar-refractivity contribution is 8.00. The molecule has 7 N–H and O–H groups in total. The fraction of sp³-hybridized carbons (Fsp3) is 0.519. The molecule has 6 atom stereocenters. The number of thioether (sulfide) groups is 1. The summed E-state index contributed by atoms with van der Waals surface area (Å²) in [5.41, 5.74) is 3.00. The van der Waals surface area contributed by atoms with Crippen molar-refractivity contribution < 1.29 is 35.4 Å². The Morgan fingerprint density at radius 1 is 1.08 bits per heavy atom. The second-order valence-electron chi connectivity index (χ2n) is 10.2. The molecule has 1 aliphatic heterocycles. The molecule has 2 aromatic rings. The quantitative estimate of drug-likeness (QED) is 0.261. The molecule has 1 aliphatic rings. The van der Waals surface area contributed by atoms with Crippen LogP contribution < -0.4 is 5.32 Å². The van der Waals surface area contributed by atoms with Crippen LogP contribution in [-0.2, 0) is 11.2 Å². The maximum atomic E-state index is 12.1. The lowest BCUT2D eigenvalue weighted by atomic mass is 9.91. The molecule has 198 valence electrons. The molecule has 0 aromatic heterocycles. The summed E-state index contributed by atoms with van der Waals surface area (Å²) in [7, 11) is 0. The molecule has 9 heteroatoms. The zero-order chi connectivity index (χ0) is 26.8. The normalized spacial score (nSPS) is 25.4. The number of hydrogen-bond donors (Lipinski definition) is 7. The summed E-state index contributed by atoms with van der Waals surface area (Å²) in [5.74, 6) is -0.272. The van der Waals surface area contributed by atoms with Crippen LogP contribution in [-0.4, -0.2) is 72.4 Å². The fourth-order valence-electron chi connectivity index (χ4n) is 4.51. The Hall–Kier alpha value is -2.14. The number of aliphatic hydroxyl groups is 5. The van der Waals surface area contributed by atoms with Crippen LogP contribution in [0.15, 0.2) is 36.4 Å². The average Bonchev–Trinajstić information content (AvgIpc) is 2.79. The molecule has 8 nitrogen and oxygen atoms in total. The summed E-state index contributed by atoms with van der Waals surface area (Å²) in [6, 6.07) is 11.3. The van der Waals surface area contributed by atoms with Crippen LogP contribution in [0, 0.1) is 6.92 Å². The minimum absolute atomic E-state index is 0.0124. The zero-order valence-electron chi connectivity index (χ0n) is 21.0. The van der Waals surface area contributed by atoms with Gasteiger partial charge in [0.15, 0.2) is 0 Å². The number of nitrogens with one attached hydrogen (secondary N) is 1. The van der Waals surface area contributed by atoms with Crippen LogP contribution in [0.5, 0.6) is 5.75 Å². The summed E-state index contributed by atoms with van der Waals surface area (Å²) in [6.07, 6.45) is -3.18. The van der Waals surface area contributed by atoms with Crippen LogP contribution in [0.25, 0.3) is 0 Å². The first-order chi connectivity index (χ1) is 16.8. The van der Waals surface area contributed by atoms with Gasteiger partial charge in [-0.15, -0.1) is 11.8 Å². The second kappa shape index (κ2) is 11.5. The smallest absolute Gasteiger partial charge is 0.222 e. The SMILES string of the molecule is Cc1cc(O)c([C@@H]2S[C@H](CO)[C@@H](O)[C@H](O)[C@H]2O)cc1Cc1ccc(C(C)CC(=O)NC(C)(C)O)cc1. The molecule has 0 radical (unpaired) electrons. The van der Waals surface area contributed by atoms with E-state index in [9.17, 15) is 35.4 Å². The number of phenolic OH excluding ortho intramolecular Hbond substituents is 1. The monoisotopic (exact) mass is 519 g/mol. The first-order valence-corrected chi connectivity index (χ1v) is 13.0. The second-order valence-corrected chi connectivity index (χ2v) is 11.6. The number of carbonyl (C=O) groups is 1. The van der Waals surface area contributed by atoms with Gasteiger partial charge in [0.1, 0.15) is 17.6 Å². The zero-order valence-corrected chi connectivity index (χ0v) is 21.9. The van der Waals surface area contributed by atoms with Gasteiger partial charge in [-0.05, 0) is 61.4 Å². The molecule has 1 unspecified atom stereocenters. The Kier molecular flexibility index (Phi) is 9.08. The Morgan fingerprint density at radius 2 is 1.72 bits per heavy atom. The Morgan fingerprint density at radius 3 is 2.31 bits per heavy atom. The first-order valence-electron chi connectivity index (χ1n) is 12.1. The minimum Gasteiger partial charge on any atom is -0.508 e. The molecule has 1 amide bonds. The van der Waals surface area contributed by atoms with Gasteiger partial charge in [0.05, 0.1) is 29.3 Å². The third kappa shape index (κ3) is 6.79. The number of benzene rings is 2. The van der Waals surface area contributed by atoms with E-state index in [4.69, 9.17) is 0 Å². The number of hydrogen-bond acceptors (Lipinski definition) is 8. The number of carbonyl (C=O) groups excluding carboxylic acids is 1. The van der Waals surface area contributed by atoms with Crippen molar-refractivity contribution >= 4 is 17.7 Å². The lowest BCUT2D eigenvalue weighted by molar-refractivity contribution is -0.127. The maximum absolute atomic E-state index is 12.1. The van der Waals surface area contributed by atoms with Crippen molar-refractivity contribution in [2.24, 2.45) is 0 Å². The maximum Gasteiger partial charge on any atom is 0.222 e. The molecule has 1 fully saturated rings. The highest BCUT2D eigenvalue weighted by Gasteiger charge is 2.44. The van der Waals surface area contributed by atoms with Gasteiger partial charge in [-0.1, -0.05) is 37.3 Å². The molecule has 1 saturated heterocycles. The molecule has 36 heavy (non-hydrogen) atoms. The minimum atomic E-state index is -1.43. The molecule has 0 saturated carbocycles. The van der Waals surface area contributed by atoms with Gasteiger partial charge in [-0.2, -0.15) is 0 Å². The fourth-order valence-corrected chi connectivity index (χ4v) is 5.95. The first kappa shape index (κ1) is 28.4. The summed E-state index contributed by atoms with van der Waals surface area (Å²) in [6.45, 7) is 6.51. The van der Waals surface area contributed by atoms with E-state index in [-0.39, 0.29) is 30.6 Å². The van der Waals surface area contributed by atoms with Crippen molar-refractivity contribution in [1.29, 1.82) is 0 Å². The third-order valence-corrected chi connectivity index (χ3v) is 8.17. The largest absolute Gasteiger partial charge is 0.508 e. The van der Waals surface area contributed by atoms with E-state index in [0.29, 0.717) is 12.0 Å². The van der Waals surface area contributed by atoms with Gasteiger partial charge in [0.2, 0.25) is 5.91 Å². The number of amides is 1. The van der Waals surface area contributed by atoms with Crippen LogP contribution in [0.4, 0.5) is 0 Å². The van der Waals surface area contributed by atoms with Crippen molar-refractivity contribution in [1.82, 2.24) is 5.32 Å². The van der Waals surface area contributed by atoms with E-state index < -0.39 is 34.5 Å². The lowest BCUT2D eigenvalue weighted by Crippen LogP contribution is -2.51.